The summed E-state index contributed by atoms with van der Waals surface area (Å²) in [6.07, 6.45) is 0. The van der Waals surface area contributed by atoms with Gasteiger partial charge in [0.1, 0.15) is 0 Å². The lowest BCUT2D eigenvalue weighted by atomic mass is 10.00. The maximum Gasteiger partial charge on any atom is 0.275 e. The summed E-state index contributed by atoms with van der Waals surface area (Å²) < 4.78 is 0.713. The number of nitro groups is 1. The second kappa shape index (κ2) is 5.12. The van der Waals surface area contributed by atoms with E-state index >= 15 is 0 Å². The normalized spacial score (nSPS) is 16.8. The summed E-state index contributed by atoms with van der Waals surface area (Å²) in [6, 6.07) is 5.11. The summed E-state index contributed by atoms with van der Waals surface area (Å²) >= 11 is 3.23. The van der Waals surface area contributed by atoms with Gasteiger partial charge in [0.05, 0.1) is 4.92 Å². The topological polar surface area (TPSA) is 66.6 Å². The van der Waals surface area contributed by atoms with E-state index in [1.54, 1.807) is 6.07 Å². The third-order valence-corrected chi connectivity index (χ3v) is 3.42. The molecule has 1 saturated heterocycles. The van der Waals surface area contributed by atoms with E-state index in [-0.39, 0.29) is 17.2 Å². The van der Waals surface area contributed by atoms with Crippen molar-refractivity contribution >= 4 is 21.6 Å². The molecule has 1 N–H and O–H groups in total. The van der Waals surface area contributed by atoms with Crippen LogP contribution < -0.4 is 0 Å². The lowest BCUT2D eigenvalue weighted by Gasteiger charge is -2.38. The summed E-state index contributed by atoms with van der Waals surface area (Å²) in [4.78, 5) is 12.6. The first-order valence-electron chi connectivity index (χ1n) is 5.36. The van der Waals surface area contributed by atoms with E-state index < -0.39 is 0 Å². The molecule has 2 rings (SSSR count). The van der Waals surface area contributed by atoms with Crippen LogP contribution >= 0.6 is 15.9 Å². The van der Waals surface area contributed by atoms with Crippen molar-refractivity contribution < 1.29 is 10.0 Å². The number of rotatable bonds is 4. The van der Waals surface area contributed by atoms with Crippen molar-refractivity contribution in [2.45, 2.75) is 6.54 Å². The van der Waals surface area contributed by atoms with E-state index in [0.29, 0.717) is 16.9 Å². The van der Waals surface area contributed by atoms with Crippen LogP contribution in [0.3, 0.4) is 0 Å². The highest BCUT2D eigenvalue weighted by Crippen LogP contribution is 2.27. The molecule has 0 amide bonds. The van der Waals surface area contributed by atoms with E-state index in [2.05, 4.69) is 20.8 Å². The van der Waals surface area contributed by atoms with Crippen LogP contribution in [0.5, 0.6) is 0 Å². The Bertz CT molecular complexity index is 433. The van der Waals surface area contributed by atoms with Gasteiger partial charge < -0.3 is 5.11 Å². The summed E-state index contributed by atoms with van der Waals surface area (Å²) in [5.74, 6) is 0.324. The number of hydrogen-bond acceptors (Lipinski definition) is 4. The molecule has 1 aromatic rings. The fourth-order valence-electron chi connectivity index (χ4n) is 2.00. The van der Waals surface area contributed by atoms with E-state index in [4.69, 9.17) is 5.11 Å². The van der Waals surface area contributed by atoms with Crippen LogP contribution in [0.1, 0.15) is 5.56 Å². The molecule has 0 saturated carbocycles. The zero-order valence-electron chi connectivity index (χ0n) is 9.17. The molecule has 1 heterocycles. The molecule has 0 aromatic heterocycles. The highest BCUT2D eigenvalue weighted by molar-refractivity contribution is 9.10. The first-order chi connectivity index (χ1) is 8.10. The van der Waals surface area contributed by atoms with Crippen LogP contribution in [0.15, 0.2) is 22.7 Å². The number of aliphatic hydroxyl groups excluding tert-OH is 1. The third-order valence-electron chi connectivity index (χ3n) is 2.93. The molecule has 5 nitrogen and oxygen atoms in total. The fourth-order valence-corrected chi connectivity index (χ4v) is 2.35. The smallest absolute Gasteiger partial charge is 0.275 e. The molecule has 1 fully saturated rings. The highest BCUT2D eigenvalue weighted by atomic mass is 79.9. The second-order valence-electron chi connectivity index (χ2n) is 4.27. The standard InChI is InChI=1S/C11H13BrN2O3/c12-10-2-1-9(11(3-10)14(16)17)6-13-4-8(5-13)7-15/h1-3,8,15H,4-7H2. The Morgan fingerprint density at radius 2 is 2.24 bits per heavy atom. The Hall–Kier alpha value is -0.980. The Kier molecular flexibility index (Phi) is 3.76. The van der Waals surface area contributed by atoms with Gasteiger partial charge in [-0.2, -0.15) is 0 Å². The Labute approximate surface area is 107 Å². The van der Waals surface area contributed by atoms with E-state index in [1.165, 1.54) is 6.07 Å². The number of hydrogen-bond donors (Lipinski definition) is 1. The largest absolute Gasteiger partial charge is 0.396 e. The van der Waals surface area contributed by atoms with Gasteiger partial charge in [0.25, 0.3) is 5.69 Å². The number of nitro benzene ring substituents is 1. The third kappa shape index (κ3) is 2.83. The van der Waals surface area contributed by atoms with E-state index in [9.17, 15) is 10.1 Å². The molecule has 17 heavy (non-hydrogen) atoms. The Balaban J connectivity index is 2.08. The quantitative estimate of drug-likeness (QED) is 0.680. The molecule has 1 aliphatic rings. The van der Waals surface area contributed by atoms with Crippen molar-refractivity contribution in [3.63, 3.8) is 0 Å². The summed E-state index contributed by atoms with van der Waals surface area (Å²) in [5.41, 5.74) is 0.862. The molecular weight excluding hydrogens is 288 g/mol. The number of likely N-dealkylation sites (tertiary alicyclic amines) is 1. The van der Waals surface area contributed by atoms with Gasteiger partial charge in [0.2, 0.25) is 0 Å². The van der Waals surface area contributed by atoms with Crippen LogP contribution in [0, 0.1) is 16.0 Å². The molecule has 92 valence electrons. The summed E-state index contributed by atoms with van der Waals surface area (Å²) in [6.45, 7) is 2.38. The minimum Gasteiger partial charge on any atom is -0.396 e. The molecule has 0 radical (unpaired) electrons. The molecule has 1 aromatic carbocycles. The lowest BCUT2D eigenvalue weighted by molar-refractivity contribution is -0.385. The average molecular weight is 301 g/mol. The molecule has 0 aliphatic carbocycles. The van der Waals surface area contributed by atoms with Gasteiger partial charge in [0.15, 0.2) is 0 Å². The van der Waals surface area contributed by atoms with E-state index in [0.717, 1.165) is 18.7 Å². The monoisotopic (exact) mass is 300 g/mol. The molecule has 0 unspecified atom stereocenters. The Morgan fingerprint density at radius 1 is 1.53 bits per heavy atom. The van der Waals surface area contributed by atoms with Crippen molar-refractivity contribution in [2.24, 2.45) is 5.92 Å². The average Bonchev–Trinajstić information content (AvgIpc) is 2.24. The maximum absolute atomic E-state index is 10.9. The van der Waals surface area contributed by atoms with Gasteiger partial charge in [-0.25, -0.2) is 0 Å². The van der Waals surface area contributed by atoms with Crippen molar-refractivity contribution in [3.8, 4) is 0 Å². The molecule has 6 heteroatoms. The number of nitrogens with zero attached hydrogens (tertiary/aromatic N) is 2. The fraction of sp³-hybridized carbons (Fsp3) is 0.455. The molecular formula is C11H13BrN2O3. The van der Waals surface area contributed by atoms with Crippen molar-refractivity contribution in [1.29, 1.82) is 0 Å². The molecule has 0 bridgehead atoms. The first-order valence-corrected chi connectivity index (χ1v) is 6.15. The minimum absolute atomic E-state index is 0.145. The van der Waals surface area contributed by atoms with Crippen molar-refractivity contribution in [3.05, 3.63) is 38.3 Å². The zero-order valence-corrected chi connectivity index (χ0v) is 10.8. The van der Waals surface area contributed by atoms with Crippen LogP contribution in [-0.2, 0) is 6.54 Å². The lowest BCUT2D eigenvalue weighted by Crippen LogP contribution is -2.47. The van der Waals surface area contributed by atoms with E-state index in [1.807, 2.05) is 6.07 Å². The Morgan fingerprint density at radius 3 is 2.82 bits per heavy atom. The summed E-state index contributed by atoms with van der Waals surface area (Å²) in [5, 5.41) is 19.8. The van der Waals surface area contributed by atoms with Crippen molar-refractivity contribution in [2.75, 3.05) is 19.7 Å². The predicted octanol–water partition coefficient (Wildman–Crippen LogP) is 1.78. The van der Waals surface area contributed by atoms with Crippen LogP contribution in [-0.4, -0.2) is 34.6 Å². The van der Waals surface area contributed by atoms with Crippen LogP contribution in [0.25, 0.3) is 0 Å². The molecule has 0 spiro atoms. The van der Waals surface area contributed by atoms with Gasteiger partial charge in [0, 0.05) is 48.3 Å². The molecule has 1 aliphatic heterocycles. The van der Waals surface area contributed by atoms with Crippen LogP contribution in [0.2, 0.25) is 0 Å². The molecule has 0 atom stereocenters. The first kappa shape index (κ1) is 12.5. The van der Waals surface area contributed by atoms with Crippen molar-refractivity contribution in [1.82, 2.24) is 4.90 Å². The maximum atomic E-state index is 10.9. The highest BCUT2D eigenvalue weighted by Gasteiger charge is 2.27. The predicted molar refractivity (Wildman–Crippen MR) is 66.6 cm³/mol. The second-order valence-corrected chi connectivity index (χ2v) is 5.19. The SMILES string of the molecule is O=[N+]([O-])c1cc(Br)ccc1CN1CC(CO)C1. The van der Waals surface area contributed by atoms with Gasteiger partial charge >= 0.3 is 0 Å². The number of halogens is 1. The van der Waals surface area contributed by atoms with Gasteiger partial charge in [-0.15, -0.1) is 0 Å². The van der Waals surface area contributed by atoms with Gasteiger partial charge in [-0.3, -0.25) is 15.0 Å². The van der Waals surface area contributed by atoms with Gasteiger partial charge in [-0.05, 0) is 12.1 Å². The van der Waals surface area contributed by atoms with Gasteiger partial charge in [-0.1, -0.05) is 15.9 Å². The number of benzene rings is 1. The number of aliphatic hydroxyl groups is 1. The van der Waals surface area contributed by atoms with Crippen LogP contribution in [0.4, 0.5) is 5.69 Å². The summed E-state index contributed by atoms with van der Waals surface area (Å²) in [7, 11) is 0. The zero-order chi connectivity index (χ0) is 12.4. The minimum atomic E-state index is -0.358.